The maximum Gasteiger partial charge on any atom is 0.243 e. The van der Waals surface area contributed by atoms with Gasteiger partial charge in [0.2, 0.25) is 11.8 Å². The van der Waals surface area contributed by atoms with Crippen LogP contribution in [0.3, 0.4) is 0 Å². The van der Waals surface area contributed by atoms with Crippen LogP contribution < -0.4 is 11.1 Å². The third kappa shape index (κ3) is 20.8. The standard InChI is InChI=1S/C9H18N2O4.C2H6.2H2/c1-8(12)11-3-6-14-4-2-5-15-7-9(10)13;1-2;;/h2-7H2,1H3,(H2,10,13)(H,11,12);1-2H3;2*1H. The lowest BCUT2D eigenvalue weighted by atomic mass is 10.5. The first-order chi connectivity index (χ1) is 8.13. The first-order valence-corrected chi connectivity index (χ1v) is 5.81. The molecule has 0 heterocycles. The molecule has 0 saturated heterocycles. The Morgan fingerprint density at radius 1 is 1.18 bits per heavy atom. The molecular formula is C11H28N2O4. The third-order valence-electron chi connectivity index (χ3n) is 1.44. The van der Waals surface area contributed by atoms with Gasteiger partial charge >= 0.3 is 0 Å². The van der Waals surface area contributed by atoms with Gasteiger partial charge in [0.1, 0.15) is 6.61 Å². The van der Waals surface area contributed by atoms with Crippen LogP contribution in [-0.2, 0) is 19.1 Å². The van der Waals surface area contributed by atoms with Gasteiger partial charge in [0.05, 0.1) is 6.61 Å². The summed E-state index contributed by atoms with van der Waals surface area (Å²) in [6.07, 6.45) is 0.702. The molecule has 0 saturated carbocycles. The molecule has 2 amide bonds. The van der Waals surface area contributed by atoms with Crippen molar-refractivity contribution >= 4 is 11.8 Å². The summed E-state index contributed by atoms with van der Waals surface area (Å²) in [5.74, 6) is -0.537. The number of primary amides is 1. The molecule has 0 aliphatic heterocycles. The molecule has 6 heteroatoms. The van der Waals surface area contributed by atoms with E-state index in [0.717, 1.165) is 0 Å². The van der Waals surface area contributed by atoms with Crippen molar-refractivity contribution in [2.45, 2.75) is 27.2 Å². The van der Waals surface area contributed by atoms with Crippen molar-refractivity contribution in [3.63, 3.8) is 0 Å². The quantitative estimate of drug-likeness (QED) is 0.586. The number of hydrogen-bond donors (Lipinski definition) is 2. The minimum Gasteiger partial charge on any atom is -0.380 e. The summed E-state index contributed by atoms with van der Waals surface area (Å²) in [5.41, 5.74) is 4.87. The van der Waals surface area contributed by atoms with E-state index in [0.29, 0.717) is 32.8 Å². The van der Waals surface area contributed by atoms with Gasteiger partial charge in [-0.25, -0.2) is 0 Å². The van der Waals surface area contributed by atoms with Crippen molar-refractivity contribution in [2.24, 2.45) is 5.73 Å². The molecule has 0 fully saturated rings. The molecule has 6 nitrogen and oxygen atoms in total. The molecule has 0 aliphatic rings. The van der Waals surface area contributed by atoms with Crippen molar-refractivity contribution in [3.05, 3.63) is 0 Å². The zero-order valence-corrected chi connectivity index (χ0v) is 11.0. The predicted octanol–water partition coefficient (Wildman–Crippen LogP) is 0.549. The molecule has 3 N–H and O–H groups in total. The average Bonchev–Trinajstić information content (AvgIpc) is 2.29. The minimum absolute atomic E-state index is 0. The van der Waals surface area contributed by atoms with Crippen molar-refractivity contribution in [1.29, 1.82) is 0 Å². The average molecular weight is 252 g/mol. The maximum atomic E-state index is 10.5. The Bertz CT molecular complexity index is 187. The number of carbonyl (C=O) groups excluding carboxylic acids is 2. The summed E-state index contributed by atoms with van der Waals surface area (Å²) in [5, 5.41) is 2.61. The van der Waals surface area contributed by atoms with Crippen LogP contribution in [0, 0.1) is 0 Å². The molecule has 0 unspecified atom stereocenters. The highest BCUT2D eigenvalue weighted by Crippen LogP contribution is 1.84. The van der Waals surface area contributed by atoms with Crippen molar-refractivity contribution in [3.8, 4) is 0 Å². The Hall–Kier alpha value is -1.14. The van der Waals surface area contributed by atoms with Gasteiger partial charge in [-0.15, -0.1) is 0 Å². The van der Waals surface area contributed by atoms with Crippen LogP contribution >= 0.6 is 0 Å². The first kappa shape index (κ1) is 18.2. The van der Waals surface area contributed by atoms with Crippen LogP contribution in [0.1, 0.15) is 30.0 Å². The van der Waals surface area contributed by atoms with Gasteiger partial charge in [0.25, 0.3) is 0 Å². The summed E-state index contributed by atoms with van der Waals surface area (Å²) >= 11 is 0. The van der Waals surface area contributed by atoms with Crippen LogP contribution in [0.5, 0.6) is 0 Å². The van der Waals surface area contributed by atoms with E-state index in [1.165, 1.54) is 6.92 Å². The van der Waals surface area contributed by atoms with Gasteiger partial charge in [0.15, 0.2) is 0 Å². The SMILES string of the molecule is CC.CC(=O)NCCOCCCOCC(N)=O.[HH].[HH]. The first-order valence-electron chi connectivity index (χ1n) is 5.81. The number of amides is 2. The van der Waals surface area contributed by atoms with E-state index < -0.39 is 5.91 Å². The lowest BCUT2D eigenvalue weighted by Gasteiger charge is -2.04. The molecule has 0 aliphatic carbocycles. The molecule has 0 aromatic carbocycles. The second-order valence-corrected chi connectivity index (χ2v) is 2.97. The van der Waals surface area contributed by atoms with Crippen LogP contribution in [0.25, 0.3) is 0 Å². The minimum atomic E-state index is -0.471. The smallest absolute Gasteiger partial charge is 0.243 e. The fourth-order valence-electron chi connectivity index (χ4n) is 0.837. The van der Waals surface area contributed by atoms with Gasteiger partial charge in [-0.2, -0.15) is 0 Å². The van der Waals surface area contributed by atoms with Gasteiger partial charge in [-0.3, -0.25) is 9.59 Å². The second-order valence-electron chi connectivity index (χ2n) is 2.97. The molecule has 0 rings (SSSR count). The van der Waals surface area contributed by atoms with Gasteiger partial charge in [-0.1, -0.05) is 13.8 Å². The number of hydrogen-bond acceptors (Lipinski definition) is 4. The summed E-state index contributed by atoms with van der Waals surface area (Å²) in [7, 11) is 0. The third-order valence-corrected chi connectivity index (χ3v) is 1.44. The number of rotatable bonds is 9. The Labute approximate surface area is 106 Å². The Morgan fingerprint density at radius 3 is 2.29 bits per heavy atom. The predicted molar refractivity (Wildman–Crippen MR) is 69.7 cm³/mol. The summed E-state index contributed by atoms with van der Waals surface area (Å²) in [4.78, 5) is 20.7. The Kier molecular flexibility index (Phi) is 15.9. The molecule has 0 atom stereocenters. The molecule has 0 aromatic rings. The summed E-state index contributed by atoms with van der Waals surface area (Å²) in [6.45, 7) is 7.39. The molecule has 0 bridgehead atoms. The van der Waals surface area contributed by atoms with E-state index >= 15 is 0 Å². The van der Waals surface area contributed by atoms with Crippen molar-refractivity contribution in [1.82, 2.24) is 5.32 Å². The molecule has 0 aromatic heterocycles. The zero-order valence-electron chi connectivity index (χ0n) is 11.0. The lowest BCUT2D eigenvalue weighted by Crippen LogP contribution is -2.24. The second kappa shape index (κ2) is 14.9. The molecule has 0 spiro atoms. The van der Waals surface area contributed by atoms with Gasteiger partial charge in [-0.05, 0) is 6.42 Å². The van der Waals surface area contributed by atoms with Crippen LogP contribution in [0.15, 0.2) is 0 Å². The molecular weight excluding hydrogens is 224 g/mol. The molecule has 0 radical (unpaired) electrons. The van der Waals surface area contributed by atoms with E-state index in [-0.39, 0.29) is 15.4 Å². The largest absolute Gasteiger partial charge is 0.380 e. The van der Waals surface area contributed by atoms with Crippen LogP contribution in [0.4, 0.5) is 0 Å². The van der Waals surface area contributed by atoms with Crippen LogP contribution in [-0.4, -0.2) is 44.8 Å². The van der Waals surface area contributed by atoms with Crippen molar-refractivity contribution < 1.29 is 21.9 Å². The summed E-state index contributed by atoms with van der Waals surface area (Å²) < 4.78 is 10.1. The molecule has 106 valence electrons. The maximum absolute atomic E-state index is 10.5. The normalized spacial score (nSPS) is 9.12. The van der Waals surface area contributed by atoms with Gasteiger partial charge in [0, 0.05) is 29.5 Å². The monoisotopic (exact) mass is 252 g/mol. The van der Waals surface area contributed by atoms with E-state index in [9.17, 15) is 9.59 Å². The van der Waals surface area contributed by atoms with E-state index in [1.807, 2.05) is 13.8 Å². The summed E-state index contributed by atoms with van der Waals surface area (Å²) in [6, 6.07) is 0. The van der Waals surface area contributed by atoms with Crippen LogP contribution in [0.2, 0.25) is 0 Å². The van der Waals surface area contributed by atoms with E-state index in [2.05, 4.69) is 5.32 Å². The van der Waals surface area contributed by atoms with E-state index in [4.69, 9.17) is 15.2 Å². The van der Waals surface area contributed by atoms with E-state index in [1.54, 1.807) is 0 Å². The fraction of sp³-hybridized carbons (Fsp3) is 0.818. The Morgan fingerprint density at radius 2 is 1.76 bits per heavy atom. The van der Waals surface area contributed by atoms with Crippen molar-refractivity contribution in [2.75, 3.05) is 33.0 Å². The topological polar surface area (TPSA) is 90.7 Å². The molecule has 17 heavy (non-hydrogen) atoms. The Balaban J connectivity index is -0.000000267. The lowest BCUT2D eigenvalue weighted by molar-refractivity contribution is -0.122. The number of nitrogens with two attached hydrogens (primary N) is 1. The number of ether oxygens (including phenoxy) is 2. The van der Waals surface area contributed by atoms with Gasteiger partial charge < -0.3 is 20.5 Å². The number of carbonyl (C=O) groups is 2. The highest BCUT2D eigenvalue weighted by molar-refractivity contribution is 5.74. The number of nitrogens with one attached hydrogen (secondary N) is 1. The zero-order chi connectivity index (χ0) is 13.5. The highest BCUT2D eigenvalue weighted by atomic mass is 16.5. The fourth-order valence-corrected chi connectivity index (χ4v) is 0.837. The highest BCUT2D eigenvalue weighted by Gasteiger charge is 1.94.